The highest BCUT2D eigenvalue weighted by Gasteiger charge is 2.28. The largest absolute Gasteiger partial charge is 0.489 e. The molecule has 1 unspecified atom stereocenters. The van der Waals surface area contributed by atoms with E-state index in [4.69, 9.17) is 14.9 Å². The van der Waals surface area contributed by atoms with Gasteiger partial charge in [-0.2, -0.15) is 8.78 Å². The fourth-order valence-corrected chi connectivity index (χ4v) is 3.98. The lowest BCUT2D eigenvalue weighted by molar-refractivity contribution is -0.0515. The van der Waals surface area contributed by atoms with Crippen LogP contribution in [0.4, 0.5) is 17.6 Å². The summed E-state index contributed by atoms with van der Waals surface area (Å²) in [7, 11) is 0. The Morgan fingerprint density at radius 2 is 2.00 bits per heavy atom. The molecule has 1 saturated carbocycles. The molecule has 0 bridgehead atoms. The first kappa shape index (κ1) is 28.1. The average Bonchev–Trinajstić information content (AvgIpc) is 3.46. The Hall–Kier alpha value is -4.46. The Bertz CT molecular complexity index is 1540. The van der Waals surface area contributed by atoms with Gasteiger partial charge < -0.3 is 24.9 Å². The first-order valence-corrected chi connectivity index (χ1v) is 12.8. The molecular formula is C27H26F4N6O4. The van der Waals surface area contributed by atoms with Crippen molar-refractivity contribution < 1.29 is 36.2 Å². The van der Waals surface area contributed by atoms with Crippen molar-refractivity contribution in [2.24, 2.45) is 11.7 Å². The summed E-state index contributed by atoms with van der Waals surface area (Å²) in [4.78, 5) is 17.6. The number of nitrogens with one attached hydrogen (secondary N) is 1. The molecule has 14 heteroatoms. The number of ether oxygens (including phenoxy) is 2. The Morgan fingerprint density at radius 3 is 2.68 bits per heavy atom. The standard InChI is InChI=1S/C27H26F4N6O4/c1-14(37-12-19(10-32)35-36-37)24-23(25(38)33-11-17-4-6-18(28)9-20(17)29)34-26(41-24)16-5-7-21(40-27(30)31)22(8-16)39-13-15-2-3-15/h4-9,12,14-15,27H,2-3,10-11,13,32H2,1H3,(H,33,38). The van der Waals surface area contributed by atoms with E-state index in [1.165, 1.54) is 28.9 Å². The fourth-order valence-electron chi connectivity index (χ4n) is 3.98. The topological polar surface area (TPSA) is 130 Å². The van der Waals surface area contributed by atoms with Gasteiger partial charge in [-0.05, 0) is 49.9 Å². The molecule has 1 atom stereocenters. The second-order valence-corrected chi connectivity index (χ2v) is 9.51. The highest BCUT2D eigenvalue weighted by Crippen LogP contribution is 2.37. The van der Waals surface area contributed by atoms with Crippen molar-refractivity contribution in [3.05, 3.63) is 76.9 Å². The Labute approximate surface area is 231 Å². The summed E-state index contributed by atoms with van der Waals surface area (Å²) in [6.45, 7) is -1.14. The van der Waals surface area contributed by atoms with Crippen LogP contribution < -0.4 is 20.5 Å². The number of hydrogen-bond donors (Lipinski definition) is 2. The molecule has 2 aromatic carbocycles. The van der Waals surface area contributed by atoms with Gasteiger partial charge in [-0.15, -0.1) is 5.10 Å². The van der Waals surface area contributed by atoms with Crippen molar-refractivity contribution in [2.45, 2.75) is 45.5 Å². The van der Waals surface area contributed by atoms with Crippen molar-refractivity contribution in [2.75, 3.05) is 6.61 Å². The van der Waals surface area contributed by atoms with E-state index in [-0.39, 0.29) is 47.5 Å². The van der Waals surface area contributed by atoms with Crippen molar-refractivity contribution in [1.82, 2.24) is 25.3 Å². The molecule has 0 radical (unpaired) electrons. The number of nitrogens with two attached hydrogens (primary N) is 1. The minimum absolute atomic E-state index is 0.0102. The third-order valence-corrected chi connectivity index (χ3v) is 6.44. The summed E-state index contributed by atoms with van der Waals surface area (Å²) in [5.74, 6) is -1.92. The van der Waals surface area contributed by atoms with Gasteiger partial charge in [0.15, 0.2) is 23.0 Å². The monoisotopic (exact) mass is 574 g/mol. The summed E-state index contributed by atoms with van der Waals surface area (Å²) < 4.78 is 71.2. The predicted octanol–water partition coefficient (Wildman–Crippen LogP) is 4.60. The van der Waals surface area contributed by atoms with E-state index in [9.17, 15) is 22.4 Å². The number of amides is 1. The number of halogens is 4. The number of alkyl halides is 2. The molecule has 216 valence electrons. The minimum Gasteiger partial charge on any atom is -0.489 e. The Morgan fingerprint density at radius 1 is 1.20 bits per heavy atom. The van der Waals surface area contributed by atoms with Gasteiger partial charge in [0, 0.05) is 30.3 Å². The molecule has 1 fully saturated rings. The molecule has 2 aromatic heterocycles. The summed E-state index contributed by atoms with van der Waals surface area (Å²) >= 11 is 0. The average molecular weight is 575 g/mol. The van der Waals surface area contributed by atoms with Crippen LogP contribution in [0.2, 0.25) is 0 Å². The molecule has 1 aliphatic rings. The van der Waals surface area contributed by atoms with Crippen LogP contribution in [-0.4, -0.2) is 39.1 Å². The maximum absolute atomic E-state index is 14.1. The lowest BCUT2D eigenvalue weighted by Crippen LogP contribution is -2.25. The molecule has 3 N–H and O–H groups in total. The van der Waals surface area contributed by atoms with Gasteiger partial charge in [-0.3, -0.25) is 4.79 Å². The van der Waals surface area contributed by atoms with E-state index in [1.54, 1.807) is 13.1 Å². The van der Waals surface area contributed by atoms with Crippen molar-refractivity contribution in [1.29, 1.82) is 0 Å². The summed E-state index contributed by atoms with van der Waals surface area (Å²) in [5.41, 5.74) is 6.40. The Kier molecular flexibility index (Phi) is 8.19. The molecule has 0 spiro atoms. The van der Waals surface area contributed by atoms with Gasteiger partial charge in [0.2, 0.25) is 5.89 Å². The third kappa shape index (κ3) is 6.65. The van der Waals surface area contributed by atoms with E-state index in [0.717, 1.165) is 18.9 Å². The molecule has 41 heavy (non-hydrogen) atoms. The molecule has 1 aliphatic carbocycles. The number of benzene rings is 2. The van der Waals surface area contributed by atoms with Gasteiger partial charge in [0.1, 0.15) is 17.7 Å². The Balaban J connectivity index is 1.48. The minimum atomic E-state index is -3.05. The van der Waals surface area contributed by atoms with Crippen LogP contribution in [0.25, 0.3) is 11.5 Å². The van der Waals surface area contributed by atoms with E-state index in [2.05, 4.69) is 25.3 Å². The lowest BCUT2D eigenvalue weighted by atomic mass is 10.2. The number of oxazole rings is 1. The molecule has 2 heterocycles. The van der Waals surface area contributed by atoms with Crippen LogP contribution in [-0.2, 0) is 13.1 Å². The van der Waals surface area contributed by atoms with Gasteiger partial charge in [-0.25, -0.2) is 18.4 Å². The van der Waals surface area contributed by atoms with Crippen LogP contribution in [0.5, 0.6) is 11.5 Å². The van der Waals surface area contributed by atoms with Crippen molar-refractivity contribution in [3.63, 3.8) is 0 Å². The zero-order valence-corrected chi connectivity index (χ0v) is 21.8. The van der Waals surface area contributed by atoms with E-state index in [0.29, 0.717) is 29.8 Å². The molecule has 1 amide bonds. The predicted molar refractivity (Wildman–Crippen MR) is 136 cm³/mol. The smallest absolute Gasteiger partial charge is 0.387 e. The van der Waals surface area contributed by atoms with E-state index >= 15 is 0 Å². The van der Waals surface area contributed by atoms with Crippen LogP contribution in [0.1, 0.15) is 53.3 Å². The second-order valence-electron chi connectivity index (χ2n) is 9.51. The highest BCUT2D eigenvalue weighted by molar-refractivity contribution is 5.94. The summed E-state index contributed by atoms with van der Waals surface area (Å²) in [5, 5.41) is 10.6. The summed E-state index contributed by atoms with van der Waals surface area (Å²) in [6.07, 6.45) is 3.56. The quantitative estimate of drug-likeness (QED) is 0.235. The van der Waals surface area contributed by atoms with Crippen LogP contribution in [0, 0.1) is 17.6 Å². The highest BCUT2D eigenvalue weighted by atomic mass is 19.3. The van der Waals surface area contributed by atoms with Gasteiger partial charge in [0.05, 0.1) is 18.5 Å². The third-order valence-electron chi connectivity index (χ3n) is 6.44. The number of rotatable bonds is 12. The van der Waals surface area contributed by atoms with Crippen LogP contribution in [0.15, 0.2) is 47.0 Å². The maximum Gasteiger partial charge on any atom is 0.387 e. The zero-order valence-electron chi connectivity index (χ0n) is 21.8. The SMILES string of the molecule is CC(c1oc(-c2ccc(OC(F)F)c(OCC3CC3)c2)nc1C(=O)NCc1ccc(F)cc1F)n1cc(CN)nn1. The first-order valence-electron chi connectivity index (χ1n) is 12.8. The maximum atomic E-state index is 14.1. The summed E-state index contributed by atoms with van der Waals surface area (Å²) in [6, 6.07) is 6.53. The number of carbonyl (C=O) groups excluding carboxylic acids is 1. The van der Waals surface area contributed by atoms with E-state index < -0.39 is 30.2 Å². The van der Waals surface area contributed by atoms with Crippen LogP contribution in [0.3, 0.4) is 0 Å². The van der Waals surface area contributed by atoms with Gasteiger partial charge >= 0.3 is 6.61 Å². The molecule has 4 aromatic rings. The van der Waals surface area contributed by atoms with Gasteiger partial charge in [-0.1, -0.05) is 11.3 Å². The van der Waals surface area contributed by atoms with Gasteiger partial charge in [0.25, 0.3) is 5.91 Å². The second kappa shape index (κ2) is 12.0. The molecule has 0 aliphatic heterocycles. The number of aromatic nitrogens is 4. The first-order chi connectivity index (χ1) is 19.7. The lowest BCUT2D eigenvalue weighted by Gasteiger charge is -2.13. The zero-order chi connectivity index (χ0) is 29.1. The fraction of sp³-hybridized carbons (Fsp3) is 0.333. The number of carbonyl (C=O) groups is 1. The van der Waals surface area contributed by atoms with Crippen molar-refractivity contribution >= 4 is 5.91 Å². The molecule has 0 saturated heterocycles. The van der Waals surface area contributed by atoms with Crippen molar-refractivity contribution in [3.8, 4) is 23.0 Å². The molecule has 10 nitrogen and oxygen atoms in total. The number of hydrogen-bond acceptors (Lipinski definition) is 8. The van der Waals surface area contributed by atoms with E-state index in [1.807, 2.05) is 0 Å². The van der Waals surface area contributed by atoms with Crippen LogP contribution >= 0.6 is 0 Å². The molecule has 5 rings (SSSR count). The molecular weight excluding hydrogens is 548 g/mol. The normalized spacial score (nSPS) is 13.8. The number of nitrogens with zero attached hydrogens (tertiary/aromatic N) is 4.